The average molecular weight is 479 g/mol. The summed E-state index contributed by atoms with van der Waals surface area (Å²) in [6.07, 6.45) is 0.387. The fourth-order valence-electron chi connectivity index (χ4n) is 3.57. The Morgan fingerprint density at radius 1 is 0.912 bits per heavy atom. The van der Waals surface area contributed by atoms with Gasteiger partial charge in [0.15, 0.2) is 6.61 Å². The molecule has 0 heterocycles. The Labute approximate surface area is 206 Å². The van der Waals surface area contributed by atoms with Gasteiger partial charge in [0, 0.05) is 23.5 Å². The molecule has 5 nitrogen and oxygen atoms in total. The zero-order chi connectivity index (χ0) is 24.6. The Hall–Kier alpha value is -3.31. The molecule has 0 bridgehead atoms. The van der Waals surface area contributed by atoms with Crippen LogP contribution in [0.1, 0.15) is 31.9 Å². The van der Waals surface area contributed by atoms with Crippen molar-refractivity contribution in [1.82, 2.24) is 10.2 Å². The van der Waals surface area contributed by atoms with Crippen LogP contribution in [0.5, 0.6) is 5.75 Å². The van der Waals surface area contributed by atoms with Crippen molar-refractivity contribution < 1.29 is 14.3 Å². The van der Waals surface area contributed by atoms with Crippen molar-refractivity contribution >= 4 is 23.4 Å². The van der Waals surface area contributed by atoms with E-state index in [4.69, 9.17) is 16.3 Å². The van der Waals surface area contributed by atoms with E-state index in [-0.39, 0.29) is 25.0 Å². The molecule has 1 N–H and O–H groups in total. The molecule has 0 spiro atoms. The topological polar surface area (TPSA) is 58.6 Å². The summed E-state index contributed by atoms with van der Waals surface area (Å²) in [6, 6.07) is 25.6. The Morgan fingerprint density at radius 2 is 1.53 bits per heavy atom. The molecule has 34 heavy (non-hydrogen) atoms. The maximum atomic E-state index is 13.5. The number of ether oxygens (including phenoxy) is 1. The summed E-state index contributed by atoms with van der Waals surface area (Å²) < 4.78 is 5.74. The fraction of sp³-hybridized carbons (Fsp3) is 0.286. The van der Waals surface area contributed by atoms with E-state index >= 15 is 0 Å². The smallest absolute Gasteiger partial charge is 0.261 e. The van der Waals surface area contributed by atoms with E-state index < -0.39 is 11.6 Å². The van der Waals surface area contributed by atoms with Crippen LogP contribution < -0.4 is 10.1 Å². The molecule has 0 aromatic heterocycles. The van der Waals surface area contributed by atoms with Crippen molar-refractivity contribution in [1.29, 1.82) is 0 Å². The van der Waals surface area contributed by atoms with Gasteiger partial charge in [0.2, 0.25) is 5.91 Å². The number of nitrogens with zero attached hydrogens (tertiary/aromatic N) is 1. The third-order valence-electron chi connectivity index (χ3n) is 5.12. The van der Waals surface area contributed by atoms with Crippen LogP contribution in [0.2, 0.25) is 5.02 Å². The average Bonchev–Trinajstić information content (AvgIpc) is 2.80. The number of carbonyl (C=O) groups is 2. The normalized spacial score (nSPS) is 12.0. The van der Waals surface area contributed by atoms with E-state index in [1.807, 2.05) is 81.4 Å². The number of hydrogen-bond donors (Lipinski definition) is 1. The van der Waals surface area contributed by atoms with Crippen LogP contribution in [0, 0.1) is 0 Å². The second kappa shape index (κ2) is 11.7. The van der Waals surface area contributed by atoms with Crippen LogP contribution in [-0.4, -0.2) is 34.9 Å². The van der Waals surface area contributed by atoms with Gasteiger partial charge in [-0.2, -0.15) is 0 Å². The molecule has 3 aromatic carbocycles. The molecule has 0 aliphatic rings. The molecular weight excluding hydrogens is 448 g/mol. The lowest BCUT2D eigenvalue weighted by Crippen LogP contribution is -2.55. The van der Waals surface area contributed by atoms with Crippen LogP contribution in [0.25, 0.3) is 0 Å². The van der Waals surface area contributed by atoms with Crippen molar-refractivity contribution in [3.63, 3.8) is 0 Å². The zero-order valence-corrected chi connectivity index (χ0v) is 20.6. The van der Waals surface area contributed by atoms with Crippen molar-refractivity contribution in [3.05, 3.63) is 101 Å². The maximum Gasteiger partial charge on any atom is 0.261 e. The molecule has 2 amide bonds. The van der Waals surface area contributed by atoms with E-state index in [0.29, 0.717) is 17.2 Å². The van der Waals surface area contributed by atoms with Gasteiger partial charge in [-0.3, -0.25) is 9.59 Å². The summed E-state index contributed by atoms with van der Waals surface area (Å²) in [5.74, 6) is 0.0106. The Balaban J connectivity index is 1.90. The number of rotatable bonds is 9. The van der Waals surface area contributed by atoms with E-state index in [1.165, 1.54) is 0 Å². The zero-order valence-electron chi connectivity index (χ0n) is 19.8. The highest BCUT2D eigenvalue weighted by Crippen LogP contribution is 2.19. The minimum absolute atomic E-state index is 0.205. The summed E-state index contributed by atoms with van der Waals surface area (Å²) in [7, 11) is 0. The summed E-state index contributed by atoms with van der Waals surface area (Å²) in [4.78, 5) is 28.6. The van der Waals surface area contributed by atoms with Gasteiger partial charge in [-0.25, -0.2) is 0 Å². The predicted molar refractivity (Wildman–Crippen MR) is 136 cm³/mol. The summed E-state index contributed by atoms with van der Waals surface area (Å²) >= 11 is 6.05. The van der Waals surface area contributed by atoms with Crippen LogP contribution in [-0.2, 0) is 22.6 Å². The lowest BCUT2D eigenvalue weighted by atomic mass is 10.0. The highest BCUT2D eigenvalue weighted by atomic mass is 35.5. The van der Waals surface area contributed by atoms with Crippen molar-refractivity contribution in [3.8, 4) is 5.75 Å². The van der Waals surface area contributed by atoms with Crippen molar-refractivity contribution in [2.45, 2.75) is 45.3 Å². The number of carbonyl (C=O) groups excluding carboxylic acids is 2. The lowest BCUT2D eigenvalue weighted by molar-refractivity contribution is -0.143. The van der Waals surface area contributed by atoms with Gasteiger partial charge in [-0.05, 0) is 50.1 Å². The molecule has 0 radical (unpaired) electrons. The van der Waals surface area contributed by atoms with E-state index in [0.717, 1.165) is 11.1 Å². The van der Waals surface area contributed by atoms with E-state index in [1.54, 1.807) is 29.2 Å². The van der Waals surface area contributed by atoms with Gasteiger partial charge in [0.1, 0.15) is 11.8 Å². The van der Waals surface area contributed by atoms with Gasteiger partial charge in [0.25, 0.3) is 5.91 Å². The Kier molecular flexibility index (Phi) is 8.72. The first-order chi connectivity index (χ1) is 16.2. The molecule has 0 unspecified atom stereocenters. The molecule has 0 saturated heterocycles. The van der Waals surface area contributed by atoms with Crippen LogP contribution >= 0.6 is 11.6 Å². The number of benzene rings is 3. The fourth-order valence-corrected chi connectivity index (χ4v) is 3.75. The summed E-state index contributed by atoms with van der Waals surface area (Å²) in [5, 5.41) is 3.58. The standard InChI is InChI=1S/C28H31ClN2O3/c1-28(2,3)30-27(33)25(17-21-11-6-4-7-12-21)31(19-22-13-8-5-9-14-22)26(32)20-34-24-16-10-15-23(29)18-24/h4-16,18,25H,17,19-20H2,1-3H3,(H,30,33)/t25-/m0/s1. The van der Waals surface area contributed by atoms with Crippen molar-refractivity contribution in [2.24, 2.45) is 0 Å². The van der Waals surface area contributed by atoms with E-state index in [9.17, 15) is 9.59 Å². The molecule has 0 aliphatic heterocycles. The summed E-state index contributed by atoms with van der Waals surface area (Å²) in [5.41, 5.74) is 1.46. The second-order valence-corrected chi connectivity index (χ2v) is 9.63. The first-order valence-corrected chi connectivity index (χ1v) is 11.7. The molecule has 0 saturated carbocycles. The van der Waals surface area contributed by atoms with Crippen LogP contribution in [0.3, 0.4) is 0 Å². The maximum absolute atomic E-state index is 13.5. The van der Waals surface area contributed by atoms with Crippen LogP contribution in [0.15, 0.2) is 84.9 Å². The molecule has 3 rings (SSSR count). The lowest BCUT2D eigenvalue weighted by Gasteiger charge is -2.33. The highest BCUT2D eigenvalue weighted by molar-refractivity contribution is 6.30. The molecule has 3 aromatic rings. The Morgan fingerprint density at radius 3 is 2.12 bits per heavy atom. The quantitative estimate of drug-likeness (QED) is 0.455. The molecule has 0 fully saturated rings. The van der Waals surface area contributed by atoms with Crippen molar-refractivity contribution in [2.75, 3.05) is 6.61 Å². The largest absolute Gasteiger partial charge is 0.484 e. The Bertz CT molecular complexity index is 1080. The number of amides is 2. The van der Waals surface area contributed by atoms with Crippen LogP contribution in [0.4, 0.5) is 0 Å². The number of hydrogen-bond acceptors (Lipinski definition) is 3. The molecule has 178 valence electrons. The molecule has 1 atom stereocenters. The van der Waals surface area contributed by atoms with E-state index in [2.05, 4.69) is 5.32 Å². The number of nitrogens with one attached hydrogen (secondary N) is 1. The molecule has 0 aliphatic carbocycles. The van der Waals surface area contributed by atoms with Gasteiger partial charge >= 0.3 is 0 Å². The summed E-state index contributed by atoms with van der Waals surface area (Å²) in [6.45, 7) is 5.86. The number of halogens is 1. The SMILES string of the molecule is CC(C)(C)NC(=O)[C@H](Cc1ccccc1)N(Cc1ccccc1)C(=O)COc1cccc(Cl)c1. The van der Waals surface area contributed by atoms with Gasteiger partial charge in [-0.15, -0.1) is 0 Å². The molecular formula is C28H31ClN2O3. The highest BCUT2D eigenvalue weighted by Gasteiger charge is 2.32. The predicted octanol–water partition coefficient (Wildman–Crippen LogP) is 5.27. The first-order valence-electron chi connectivity index (χ1n) is 11.3. The minimum Gasteiger partial charge on any atom is -0.484 e. The van der Waals surface area contributed by atoms with Gasteiger partial charge < -0.3 is 15.0 Å². The second-order valence-electron chi connectivity index (χ2n) is 9.20. The monoisotopic (exact) mass is 478 g/mol. The van der Waals surface area contributed by atoms with Gasteiger partial charge in [0.05, 0.1) is 0 Å². The molecule has 6 heteroatoms. The third kappa shape index (κ3) is 7.92. The minimum atomic E-state index is -0.711. The van der Waals surface area contributed by atoms with Gasteiger partial charge in [-0.1, -0.05) is 78.3 Å². The third-order valence-corrected chi connectivity index (χ3v) is 5.36. The first kappa shape index (κ1) is 25.3.